The molecule has 0 fully saturated rings. The van der Waals surface area contributed by atoms with Crippen molar-refractivity contribution < 1.29 is 4.74 Å². The van der Waals surface area contributed by atoms with E-state index in [0.717, 1.165) is 32.6 Å². The van der Waals surface area contributed by atoms with E-state index < -0.39 is 0 Å². The summed E-state index contributed by atoms with van der Waals surface area (Å²) in [7, 11) is 0. The maximum atomic E-state index is 5.94. The fourth-order valence-electron chi connectivity index (χ4n) is 2.82. The van der Waals surface area contributed by atoms with Crippen LogP contribution in [0.5, 0.6) is 0 Å². The smallest absolute Gasteiger partial charge is 0.0661 e. The predicted molar refractivity (Wildman–Crippen MR) is 92.0 cm³/mol. The Labute approximate surface area is 131 Å². The second-order valence-corrected chi connectivity index (χ2v) is 6.58. The highest BCUT2D eigenvalue weighted by molar-refractivity contribution is 5.39. The molecular weight excluding hydrogens is 258 g/mol. The first kappa shape index (κ1) is 18.2. The third kappa shape index (κ3) is 6.19. The molecule has 0 spiro atoms. The van der Waals surface area contributed by atoms with E-state index in [4.69, 9.17) is 4.74 Å². The minimum Gasteiger partial charge on any atom is -0.379 e. The Morgan fingerprint density at radius 2 is 1.71 bits per heavy atom. The topological polar surface area (TPSA) is 21.3 Å². The first-order valence-electron chi connectivity index (χ1n) is 8.34. The van der Waals surface area contributed by atoms with Gasteiger partial charge in [0, 0.05) is 6.61 Å². The fourth-order valence-corrected chi connectivity index (χ4v) is 2.82. The number of benzene rings is 1. The van der Waals surface area contributed by atoms with Crippen LogP contribution in [0, 0.1) is 26.7 Å². The Hall–Kier alpha value is -0.860. The molecular formula is C19H33NO. The minimum absolute atomic E-state index is 0.303. The minimum atomic E-state index is 0.303. The van der Waals surface area contributed by atoms with Gasteiger partial charge in [0.05, 0.1) is 12.6 Å². The summed E-state index contributed by atoms with van der Waals surface area (Å²) in [6.45, 7) is 15.9. The van der Waals surface area contributed by atoms with Crippen molar-refractivity contribution in [3.05, 3.63) is 34.4 Å². The molecule has 0 aliphatic heterocycles. The Bertz CT molecular complexity index is 403. The monoisotopic (exact) mass is 291 g/mol. The maximum absolute atomic E-state index is 5.94. The Morgan fingerprint density at radius 1 is 1.10 bits per heavy atom. The van der Waals surface area contributed by atoms with Gasteiger partial charge in [-0.15, -0.1) is 0 Å². The van der Waals surface area contributed by atoms with E-state index >= 15 is 0 Å². The zero-order valence-corrected chi connectivity index (χ0v) is 14.8. The molecule has 0 bridgehead atoms. The molecule has 0 aliphatic rings. The average Bonchev–Trinajstić information content (AvgIpc) is 2.38. The number of hydrogen-bond donors (Lipinski definition) is 1. The summed E-state index contributed by atoms with van der Waals surface area (Å²) in [5, 5.41) is 3.65. The molecule has 0 saturated heterocycles. The Kier molecular flexibility index (Phi) is 7.98. The lowest BCUT2D eigenvalue weighted by Gasteiger charge is -2.23. The third-order valence-corrected chi connectivity index (χ3v) is 3.85. The molecule has 2 nitrogen and oxygen atoms in total. The van der Waals surface area contributed by atoms with Crippen LogP contribution in [-0.2, 0) is 4.74 Å². The van der Waals surface area contributed by atoms with Crippen molar-refractivity contribution in [1.82, 2.24) is 5.32 Å². The van der Waals surface area contributed by atoms with Crippen molar-refractivity contribution in [1.29, 1.82) is 0 Å². The van der Waals surface area contributed by atoms with E-state index in [2.05, 4.69) is 59.0 Å². The van der Waals surface area contributed by atoms with Crippen LogP contribution in [0.1, 0.15) is 61.9 Å². The summed E-state index contributed by atoms with van der Waals surface area (Å²) in [6, 6.07) is 4.85. The van der Waals surface area contributed by atoms with Gasteiger partial charge < -0.3 is 10.1 Å². The van der Waals surface area contributed by atoms with Gasteiger partial charge in [0.15, 0.2) is 0 Å². The molecule has 0 radical (unpaired) electrons. The third-order valence-electron chi connectivity index (χ3n) is 3.85. The molecule has 1 N–H and O–H groups in total. The number of hydrogen-bond acceptors (Lipinski definition) is 2. The van der Waals surface area contributed by atoms with Gasteiger partial charge in [-0.05, 0) is 62.8 Å². The van der Waals surface area contributed by atoms with E-state index in [0.29, 0.717) is 12.0 Å². The van der Waals surface area contributed by atoms with Gasteiger partial charge in [0.1, 0.15) is 0 Å². The first-order chi connectivity index (χ1) is 9.95. The number of aryl methyl sites for hydroxylation is 3. The lowest BCUT2D eigenvalue weighted by atomic mass is 9.94. The highest BCUT2D eigenvalue weighted by Gasteiger charge is 2.16. The molecule has 1 unspecified atom stereocenters. The zero-order valence-electron chi connectivity index (χ0n) is 14.8. The molecule has 0 amide bonds. The normalized spacial score (nSPS) is 12.9. The largest absolute Gasteiger partial charge is 0.379 e. The van der Waals surface area contributed by atoms with Gasteiger partial charge >= 0.3 is 0 Å². The standard InChI is InChI=1S/C19H33NO/c1-7-9-20-18(13-21-10-8-14(2)3)19-16(5)11-15(4)12-17(19)6/h11-12,14,18,20H,7-10,13H2,1-6H3. The van der Waals surface area contributed by atoms with Gasteiger partial charge in [0.2, 0.25) is 0 Å². The highest BCUT2D eigenvalue weighted by Crippen LogP contribution is 2.24. The summed E-state index contributed by atoms with van der Waals surface area (Å²) in [6.07, 6.45) is 2.28. The van der Waals surface area contributed by atoms with E-state index in [1.54, 1.807) is 0 Å². The van der Waals surface area contributed by atoms with Crippen LogP contribution >= 0.6 is 0 Å². The molecule has 1 atom stereocenters. The van der Waals surface area contributed by atoms with Crippen LogP contribution in [-0.4, -0.2) is 19.8 Å². The number of rotatable bonds is 9. The van der Waals surface area contributed by atoms with Gasteiger partial charge in [-0.25, -0.2) is 0 Å². The van der Waals surface area contributed by atoms with E-state index in [1.807, 2.05) is 0 Å². The van der Waals surface area contributed by atoms with Crippen molar-refractivity contribution >= 4 is 0 Å². The van der Waals surface area contributed by atoms with E-state index in [-0.39, 0.29) is 0 Å². The van der Waals surface area contributed by atoms with Crippen LogP contribution < -0.4 is 5.32 Å². The predicted octanol–water partition coefficient (Wildman–Crippen LogP) is 4.72. The molecule has 2 heteroatoms. The molecule has 1 aromatic rings. The van der Waals surface area contributed by atoms with Crippen molar-refractivity contribution in [2.24, 2.45) is 5.92 Å². The molecule has 1 rings (SSSR count). The molecule has 0 heterocycles. The summed E-state index contributed by atoms with van der Waals surface area (Å²) in [4.78, 5) is 0. The van der Waals surface area contributed by atoms with Crippen LogP contribution in [0.2, 0.25) is 0 Å². The number of ether oxygens (including phenoxy) is 1. The van der Waals surface area contributed by atoms with Gasteiger partial charge in [0.25, 0.3) is 0 Å². The van der Waals surface area contributed by atoms with E-state index in [1.165, 1.54) is 22.3 Å². The summed E-state index contributed by atoms with van der Waals surface area (Å²) >= 11 is 0. The molecule has 0 aliphatic carbocycles. The fraction of sp³-hybridized carbons (Fsp3) is 0.684. The highest BCUT2D eigenvalue weighted by atomic mass is 16.5. The van der Waals surface area contributed by atoms with Gasteiger partial charge in [-0.3, -0.25) is 0 Å². The second kappa shape index (κ2) is 9.22. The summed E-state index contributed by atoms with van der Waals surface area (Å²) < 4.78 is 5.94. The summed E-state index contributed by atoms with van der Waals surface area (Å²) in [5.41, 5.74) is 5.49. The quantitative estimate of drug-likeness (QED) is 0.665. The zero-order chi connectivity index (χ0) is 15.8. The lowest BCUT2D eigenvalue weighted by Crippen LogP contribution is -2.28. The van der Waals surface area contributed by atoms with Crippen LogP contribution in [0.3, 0.4) is 0 Å². The molecule has 0 aromatic heterocycles. The SMILES string of the molecule is CCCNC(COCCC(C)C)c1c(C)cc(C)cc1C. The summed E-state index contributed by atoms with van der Waals surface area (Å²) in [5.74, 6) is 0.704. The van der Waals surface area contributed by atoms with Crippen LogP contribution in [0.4, 0.5) is 0 Å². The first-order valence-corrected chi connectivity index (χ1v) is 8.34. The number of nitrogens with one attached hydrogen (secondary N) is 1. The van der Waals surface area contributed by atoms with Crippen molar-refractivity contribution in [3.63, 3.8) is 0 Å². The molecule has 0 saturated carbocycles. The van der Waals surface area contributed by atoms with Crippen molar-refractivity contribution in [2.45, 2.75) is 60.4 Å². The van der Waals surface area contributed by atoms with Crippen LogP contribution in [0.25, 0.3) is 0 Å². The van der Waals surface area contributed by atoms with Crippen molar-refractivity contribution in [2.75, 3.05) is 19.8 Å². The Balaban J connectivity index is 2.77. The van der Waals surface area contributed by atoms with Gasteiger partial charge in [-0.1, -0.05) is 38.5 Å². The van der Waals surface area contributed by atoms with Crippen LogP contribution in [0.15, 0.2) is 12.1 Å². The van der Waals surface area contributed by atoms with Gasteiger partial charge in [-0.2, -0.15) is 0 Å². The lowest BCUT2D eigenvalue weighted by molar-refractivity contribution is 0.102. The average molecular weight is 291 g/mol. The molecule has 21 heavy (non-hydrogen) atoms. The maximum Gasteiger partial charge on any atom is 0.0661 e. The molecule has 120 valence electrons. The van der Waals surface area contributed by atoms with Crippen molar-refractivity contribution in [3.8, 4) is 0 Å². The van der Waals surface area contributed by atoms with E-state index in [9.17, 15) is 0 Å². The molecule has 1 aromatic carbocycles. The second-order valence-electron chi connectivity index (χ2n) is 6.58. The Morgan fingerprint density at radius 3 is 2.24 bits per heavy atom.